The molecule has 2 amide bonds. The summed E-state index contributed by atoms with van der Waals surface area (Å²) in [6.45, 7) is 6.10. The van der Waals surface area contributed by atoms with Crippen molar-refractivity contribution in [1.82, 2.24) is 15.1 Å². The third kappa shape index (κ3) is 4.15. The van der Waals surface area contributed by atoms with Crippen molar-refractivity contribution in [2.24, 2.45) is 0 Å². The number of nitrogens with zero attached hydrogens (tertiary/aromatic N) is 3. The number of methoxy groups -OCH3 is 1. The van der Waals surface area contributed by atoms with Gasteiger partial charge in [0, 0.05) is 38.3 Å². The van der Waals surface area contributed by atoms with Crippen molar-refractivity contribution < 1.29 is 9.53 Å². The lowest BCUT2D eigenvalue weighted by Gasteiger charge is -2.35. The number of ether oxygens (including phenoxy) is 1. The van der Waals surface area contributed by atoms with Crippen LogP contribution in [-0.4, -0.2) is 74.3 Å². The molecule has 3 aliphatic rings. The number of likely N-dealkylation sites (tertiary alicyclic amines) is 2. The van der Waals surface area contributed by atoms with E-state index in [1.54, 1.807) is 7.11 Å². The van der Waals surface area contributed by atoms with Crippen LogP contribution in [0.15, 0.2) is 24.3 Å². The van der Waals surface area contributed by atoms with E-state index in [0.29, 0.717) is 6.04 Å². The third-order valence-corrected chi connectivity index (χ3v) is 6.36. The van der Waals surface area contributed by atoms with Crippen molar-refractivity contribution in [3.63, 3.8) is 0 Å². The molecular formula is C21H32N4O2. The van der Waals surface area contributed by atoms with Crippen LogP contribution in [0.4, 0.5) is 10.5 Å². The molecular weight excluding hydrogens is 340 g/mol. The predicted molar refractivity (Wildman–Crippen MR) is 108 cm³/mol. The second-order valence-corrected chi connectivity index (χ2v) is 8.01. The lowest BCUT2D eigenvalue weighted by Crippen LogP contribution is -2.49. The first-order valence-corrected chi connectivity index (χ1v) is 10.4. The van der Waals surface area contributed by atoms with E-state index in [9.17, 15) is 4.79 Å². The highest BCUT2D eigenvalue weighted by Gasteiger charge is 2.32. The molecule has 1 N–H and O–H groups in total. The number of hydrogen-bond donors (Lipinski definition) is 1. The fraction of sp³-hybridized carbons (Fsp3) is 0.667. The van der Waals surface area contributed by atoms with Crippen LogP contribution in [0, 0.1) is 0 Å². The van der Waals surface area contributed by atoms with Crippen LogP contribution in [0.5, 0.6) is 5.75 Å². The average Bonchev–Trinajstić information content (AvgIpc) is 3.40. The van der Waals surface area contributed by atoms with Crippen molar-refractivity contribution in [3.8, 4) is 5.75 Å². The Hall–Kier alpha value is -1.95. The molecule has 0 bridgehead atoms. The van der Waals surface area contributed by atoms with Gasteiger partial charge in [0.15, 0.2) is 0 Å². The summed E-state index contributed by atoms with van der Waals surface area (Å²) in [6.07, 6.45) is 5.71. The monoisotopic (exact) mass is 372 g/mol. The van der Waals surface area contributed by atoms with E-state index in [1.807, 2.05) is 17.0 Å². The zero-order valence-electron chi connectivity index (χ0n) is 16.4. The quantitative estimate of drug-likeness (QED) is 0.882. The predicted octanol–water partition coefficient (Wildman–Crippen LogP) is 2.54. The average molecular weight is 373 g/mol. The van der Waals surface area contributed by atoms with Crippen LogP contribution in [0.1, 0.15) is 32.1 Å². The molecule has 1 aromatic rings. The summed E-state index contributed by atoms with van der Waals surface area (Å²) < 4.78 is 5.49. The number of urea groups is 1. The molecule has 3 saturated heterocycles. The Morgan fingerprint density at radius 1 is 1.04 bits per heavy atom. The number of para-hydroxylation sites is 2. The lowest BCUT2D eigenvalue weighted by atomic mass is 10.0. The van der Waals surface area contributed by atoms with Crippen molar-refractivity contribution in [3.05, 3.63) is 24.3 Å². The fourth-order valence-corrected chi connectivity index (χ4v) is 4.75. The highest BCUT2D eigenvalue weighted by Crippen LogP contribution is 2.30. The number of carbonyl (C=O) groups excluding carboxylic acids is 1. The number of hydrogen-bond acceptors (Lipinski definition) is 4. The van der Waals surface area contributed by atoms with Gasteiger partial charge in [-0.05, 0) is 57.3 Å². The molecule has 0 aliphatic carbocycles. The summed E-state index contributed by atoms with van der Waals surface area (Å²) in [4.78, 5) is 19.6. The van der Waals surface area contributed by atoms with E-state index in [2.05, 4.69) is 27.2 Å². The molecule has 0 radical (unpaired) electrons. The Bertz CT molecular complexity index is 639. The van der Waals surface area contributed by atoms with Crippen molar-refractivity contribution >= 4 is 11.7 Å². The Labute approximate surface area is 162 Å². The minimum absolute atomic E-state index is 0.132. The summed E-state index contributed by atoms with van der Waals surface area (Å²) in [6, 6.07) is 9.15. The Morgan fingerprint density at radius 3 is 2.52 bits per heavy atom. The molecule has 3 aliphatic heterocycles. The number of benzene rings is 1. The first-order valence-electron chi connectivity index (χ1n) is 10.4. The van der Waals surface area contributed by atoms with E-state index >= 15 is 0 Å². The van der Waals surface area contributed by atoms with Gasteiger partial charge in [-0.3, -0.25) is 4.90 Å². The van der Waals surface area contributed by atoms with Gasteiger partial charge in [-0.25, -0.2) is 4.79 Å². The highest BCUT2D eigenvalue weighted by atomic mass is 16.5. The van der Waals surface area contributed by atoms with Gasteiger partial charge in [0.25, 0.3) is 0 Å². The normalized spacial score (nSPS) is 24.4. The molecule has 3 heterocycles. The largest absolute Gasteiger partial charge is 0.495 e. The topological polar surface area (TPSA) is 48.1 Å². The van der Waals surface area contributed by atoms with E-state index in [-0.39, 0.29) is 12.1 Å². The van der Waals surface area contributed by atoms with Crippen LogP contribution >= 0.6 is 0 Å². The van der Waals surface area contributed by atoms with Gasteiger partial charge in [0.05, 0.1) is 12.8 Å². The minimum atomic E-state index is 0.132. The molecule has 4 rings (SSSR count). The zero-order valence-corrected chi connectivity index (χ0v) is 16.4. The Morgan fingerprint density at radius 2 is 1.78 bits per heavy atom. The number of anilines is 1. The smallest absolute Gasteiger partial charge is 0.317 e. The van der Waals surface area contributed by atoms with Crippen LogP contribution in [0.2, 0.25) is 0 Å². The van der Waals surface area contributed by atoms with Gasteiger partial charge in [-0.2, -0.15) is 0 Å². The summed E-state index contributed by atoms with van der Waals surface area (Å²) in [5, 5.41) is 3.28. The number of piperidine rings is 1. The molecule has 27 heavy (non-hydrogen) atoms. The molecule has 0 spiro atoms. The van der Waals surface area contributed by atoms with E-state index in [1.165, 1.54) is 25.9 Å². The highest BCUT2D eigenvalue weighted by molar-refractivity contribution is 5.75. The number of amides is 2. The molecule has 6 heteroatoms. The molecule has 1 unspecified atom stereocenters. The molecule has 3 fully saturated rings. The SMILES string of the molecule is COc1ccccc1N1CCC(NC(=O)N2CCC(N3CCCC3)C2)CC1. The van der Waals surface area contributed by atoms with E-state index < -0.39 is 0 Å². The Kier molecular flexibility index (Phi) is 5.72. The minimum Gasteiger partial charge on any atom is -0.495 e. The zero-order chi connectivity index (χ0) is 18.6. The first-order chi connectivity index (χ1) is 13.2. The van der Waals surface area contributed by atoms with Gasteiger partial charge in [0.1, 0.15) is 5.75 Å². The summed E-state index contributed by atoms with van der Waals surface area (Å²) in [7, 11) is 1.72. The van der Waals surface area contributed by atoms with Gasteiger partial charge < -0.3 is 19.9 Å². The maximum absolute atomic E-state index is 12.7. The number of rotatable bonds is 4. The van der Waals surface area contributed by atoms with Gasteiger partial charge in [0.2, 0.25) is 0 Å². The molecule has 0 saturated carbocycles. The van der Waals surface area contributed by atoms with Crippen LogP contribution < -0.4 is 15.0 Å². The molecule has 148 valence electrons. The van der Waals surface area contributed by atoms with Crippen LogP contribution in [0.25, 0.3) is 0 Å². The third-order valence-electron chi connectivity index (χ3n) is 6.36. The van der Waals surface area contributed by atoms with Crippen molar-refractivity contribution in [2.45, 2.75) is 44.2 Å². The van der Waals surface area contributed by atoms with Gasteiger partial charge in [-0.1, -0.05) is 12.1 Å². The standard InChI is InChI=1S/C21H32N4O2/c1-27-20-7-3-2-6-19(20)24-13-8-17(9-14-24)22-21(26)25-15-10-18(16-25)23-11-4-5-12-23/h2-3,6-7,17-18H,4-5,8-16H2,1H3,(H,22,26). The first kappa shape index (κ1) is 18.4. The van der Waals surface area contributed by atoms with Crippen LogP contribution in [-0.2, 0) is 0 Å². The van der Waals surface area contributed by atoms with Crippen LogP contribution in [0.3, 0.4) is 0 Å². The summed E-state index contributed by atoms with van der Waals surface area (Å²) in [5.41, 5.74) is 1.15. The van der Waals surface area contributed by atoms with E-state index in [4.69, 9.17) is 4.74 Å². The maximum Gasteiger partial charge on any atom is 0.317 e. The van der Waals surface area contributed by atoms with E-state index in [0.717, 1.165) is 56.9 Å². The van der Waals surface area contributed by atoms with Gasteiger partial charge >= 0.3 is 6.03 Å². The van der Waals surface area contributed by atoms with Gasteiger partial charge in [-0.15, -0.1) is 0 Å². The second kappa shape index (κ2) is 8.38. The Balaban J connectivity index is 1.25. The molecule has 0 aromatic heterocycles. The second-order valence-electron chi connectivity index (χ2n) is 8.01. The molecule has 1 atom stereocenters. The lowest BCUT2D eigenvalue weighted by molar-refractivity contribution is 0.193. The maximum atomic E-state index is 12.7. The number of nitrogens with one attached hydrogen (secondary N) is 1. The number of carbonyl (C=O) groups is 1. The summed E-state index contributed by atoms with van der Waals surface area (Å²) in [5.74, 6) is 0.921. The molecule has 1 aromatic carbocycles. The van der Waals surface area contributed by atoms with Crippen molar-refractivity contribution in [2.75, 3.05) is 51.3 Å². The molecule has 6 nitrogen and oxygen atoms in total. The van der Waals surface area contributed by atoms with Crippen molar-refractivity contribution in [1.29, 1.82) is 0 Å². The summed E-state index contributed by atoms with van der Waals surface area (Å²) >= 11 is 0. The fourth-order valence-electron chi connectivity index (χ4n) is 4.75.